The van der Waals surface area contributed by atoms with Gasteiger partial charge >= 0.3 is 0 Å². The summed E-state index contributed by atoms with van der Waals surface area (Å²) in [7, 11) is 0. The SMILES string of the molecule is Cl.O=C(c1csc(-c2ccc(Br)s2)n1)N1C[C@H]2CNC[C@H]2C1. The van der Waals surface area contributed by atoms with Crippen molar-refractivity contribution < 1.29 is 4.79 Å². The van der Waals surface area contributed by atoms with E-state index in [1.54, 1.807) is 22.7 Å². The summed E-state index contributed by atoms with van der Waals surface area (Å²) in [6.45, 7) is 3.82. The van der Waals surface area contributed by atoms with Crippen molar-refractivity contribution in [2.45, 2.75) is 0 Å². The van der Waals surface area contributed by atoms with Gasteiger partial charge in [0.15, 0.2) is 0 Å². The van der Waals surface area contributed by atoms with Crippen molar-refractivity contribution in [3.8, 4) is 9.88 Å². The van der Waals surface area contributed by atoms with Crippen LogP contribution in [-0.4, -0.2) is 42.0 Å². The van der Waals surface area contributed by atoms with Crippen LogP contribution in [0.15, 0.2) is 21.3 Å². The molecular formula is C14H15BrClN3OS2. The fourth-order valence-electron chi connectivity index (χ4n) is 3.10. The molecule has 4 rings (SSSR count). The number of aromatic nitrogens is 1. The molecule has 0 bridgehead atoms. The first-order valence-electron chi connectivity index (χ1n) is 6.92. The molecular weight excluding hydrogens is 406 g/mol. The molecule has 2 aromatic heterocycles. The van der Waals surface area contributed by atoms with Gasteiger partial charge in [0.2, 0.25) is 0 Å². The van der Waals surface area contributed by atoms with Gasteiger partial charge in [-0.3, -0.25) is 4.79 Å². The van der Waals surface area contributed by atoms with Gasteiger partial charge in [0.1, 0.15) is 10.7 Å². The summed E-state index contributed by atoms with van der Waals surface area (Å²) in [6.07, 6.45) is 0. The highest BCUT2D eigenvalue weighted by Gasteiger charge is 2.38. The predicted octanol–water partition coefficient (Wildman–Crippen LogP) is 3.35. The quantitative estimate of drug-likeness (QED) is 0.810. The Kier molecular flexibility index (Phi) is 4.89. The van der Waals surface area contributed by atoms with Gasteiger partial charge in [-0.1, -0.05) is 0 Å². The van der Waals surface area contributed by atoms with Crippen molar-refractivity contribution in [3.05, 3.63) is 27.0 Å². The number of rotatable bonds is 2. The van der Waals surface area contributed by atoms with Crippen LogP contribution in [0.2, 0.25) is 0 Å². The second-order valence-electron chi connectivity index (χ2n) is 5.53. The second kappa shape index (κ2) is 6.57. The van der Waals surface area contributed by atoms with Gasteiger partial charge in [-0.25, -0.2) is 4.98 Å². The number of carbonyl (C=O) groups is 1. The van der Waals surface area contributed by atoms with Gasteiger partial charge in [0, 0.05) is 31.6 Å². The van der Waals surface area contributed by atoms with E-state index >= 15 is 0 Å². The third kappa shape index (κ3) is 2.97. The highest BCUT2D eigenvalue weighted by Crippen LogP contribution is 2.34. The van der Waals surface area contributed by atoms with Crippen molar-refractivity contribution in [1.29, 1.82) is 0 Å². The average Bonchev–Trinajstić information content (AvgIpc) is 3.20. The van der Waals surface area contributed by atoms with E-state index in [2.05, 4.69) is 26.2 Å². The van der Waals surface area contributed by atoms with Crippen molar-refractivity contribution in [3.63, 3.8) is 0 Å². The molecule has 22 heavy (non-hydrogen) atoms. The molecule has 2 aromatic rings. The van der Waals surface area contributed by atoms with Crippen molar-refractivity contribution in [2.75, 3.05) is 26.2 Å². The molecule has 8 heteroatoms. The first-order chi connectivity index (χ1) is 10.2. The van der Waals surface area contributed by atoms with Gasteiger partial charge in [-0.15, -0.1) is 35.1 Å². The number of nitrogens with one attached hydrogen (secondary N) is 1. The van der Waals surface area contributed by atoms with Crippen LogP contribution in [0.4, 0.5) is 0 Å². The summed E-state index contributed by atoms with van der Waals surface area (Å²) in [6, 6.07) is 4.05. The zero-order valence-electron chi connectivity index (χ0n) is 11.6. The number of likely N-dealkylation sites (tertiary alicyclic amines) is 1. The number of amides is 1. The number of nitrogens with zero attached hydrogens (tertiary/aromatic N) is 2. The molecule has 0 unspecified atom stereocenters. The first-order valence-corrected chi connectivity index (χ1v) is 9.41. The summed E-state index contributed by atoms with van der Waals surface area (Å²) in [4.78, 5) is 20.2. The van der Waals surface area contributed by atoms with Crippen LogP contribution >= 0.6 is 51.0 Å². The Morgan fingerprint density at radius 3 is 2.68 bits per heavy atom. The zero-order chi connectivity index (χ0) is 14.4. The lowest BCUT2D eigenvalue weighted by Crippen LogP contribution is -2.32. The highest BCUT2D eigenvalue weighted by molar-refractivity contribution is 9.11. The van der Waals surface area contributed by atoms with Crippen LogP contribution in [0, 0.1) is 11.8 Å². The maximum absolute atomic E-state index is 12.6. The molecule has 118 valence electrons. The number of carbonyl (C=O) groups excluding carboxylic acids is 1. The van der Waals surface area contributed by atoms with Gasteiger partial charge in [0.25, 0.3) is 5.91 Å². The third-order valence-electron chi connectivity index (χ3n) is 4.18. The molecule has 0 aromatic carbocycles. The third-order valence-corrected chi connectivity index (χ3v) is 6.82. The molecule has 0 aliphatic carbocycles. The Hall–Kier alpha value is -0.470. The lowest BCUT2D eigenvalue weighted by Gasteiger charge is -2.15. The molecule has 1 N–H and O–H groups in total. The molecule has 2 atom stereocenters. The molecule has 4 heterocycles. The zero-order valence-corrected chi connectivity index (χ0v) is 15.7. The van der Waals surface area contributed by atoms with Crippen LogP contribution in [0.1, 0.15) is 10.5 Å². The van der Waals surface area contributed by atoms with E-state index in [9.17, 15) is 4.79 Å². The van der Waals surface area contributed by atoms with Crippen LogP contribution < -0.4 is 5.32 Å². The minimum Gasteiger partial charge on any atom is -0.337 e. The Morgan fingerprint density at radius 1 is 1.32 bits per heavy atom. The lowest BCUT2D eigenvalue weighted by atomic mass is 10.0. The summed E-state index contributed by atoms with van der Waals surface area (Å²) < 4.78 is 1.08. The summed E-state index contributed by atoms with van der Waals surface area (Å²) in [5.74, 6) is 1.34. The van der Waals surface area contributed by atoms with E-state index in [1.165, 1.54) is 0 Å². The van der Waals surface area contributed by atoms with Crippen LogP contribution in [0.3, 0.4) is 0 Å². The van der Waals surface area contributed by atoms with Crippen LogP contribution in [0.25, 0.3) is 9.88 Å². The van der Waals surface area contributed by atoms with E-state index in [4.69, 9.17) is 0 Å². The Morgan fingerprint density at radius 2 is 2.05 bits per heavy atom. The second-order valence-corrected chi connectivity index (χ2v) is 8.85. The molecule has 1 amide bonds. The van der Waals surface area contributed by atoms with Crippen LogP contribution in [0.5, 0.6) is 0 Å². The lowest BCUT2D eigenvalue weighted by molar-refractivity contribution is 0.0777. The molecule has 2 saturated heterocycles. The van der Waals surface area contributed by atoms with Crippen molar-refractivity contribution in [1.82, 2.24) is 15.2 Å². The summed E-state index contributed by atoms with van der Waals surface area (Å²) >= 11 is 6.65. The molecule has 0 saturated carbocycles. The molecule has 2 fully saturated rings. The summed E-state index contributed by atoms with van der Waals surface area (Å²) in [5.41, 5.74) is 0.590. The molecule has 2 aliphatic heterocycles. The van der Waals surface area contributed by atoms with E-state index < -0.39 is 0 Å². The van der Waals surface area contributed by atoms with Crippen molar-refractivity contribution >= 4 is 56.9 Å². The van der Waals surface area contributed by atoms with Gasteiger partial charge in [0.05, 0.1) is 8.66 Å². The van der Waals surface area contributed by atoms with Crippen molar-refractivity contribution in [2.24, 2.45) is 11.8 Å². The standard InChI is InChI=1S/C14H14BrN3OS2.ClH/c15-12-2-1-11(21-12)13-17-10(7-20-13)14(19)18-5-8-3-16-4-9(8)6-18;/h1-2,7-9,16H,3-6H2;1H/t8-,9+;. The maximum Gasteiger partial charge on any atom is 0.273 e. The minimum absolute atomic E-state index is 0. The number of hydrogen-bond donors (Lipinski definition) is 1. The highest BCUT2D eigenvalue weighted by atomic mass is 79.9. The topological polar surface area (TPSA) is 45.2 Å². The Balaban J connectivity index is 0.00000144. The number of hydrogen-bond acceptors (Lipinski definition) is 5. The Labute approximate surface area is 151 Å². The number of halogens is 2. The number of thiophene rings is 1. The fraction of sp³-hybridized carbons (Fsp3) is 0.429. The van der Waals surface area contributed by atoms with E-state index in [0.29, 0.717) is 17.5 Å². The number of thiazole rings is 1. The number of fused-ring (bicyclic) bond motifs is 1. The molecule has 4 nitrogen and oxygen atoms in total. The van der Waals surface area contributed by atoms with E-state index in [0.717, 1.165) is 39.9 Å². The maximum atomic E-state index is 12.6. The van der Waals surface area contributed by atoms with Gasteiger partial charge in [-0.2, -0.15) is 0 Å². The van der Waals surface area contributed by atoms with Gasteiger partial charge < -0.3 is 10.2 Å². The predicted molar refractivity (Wildman–Crippen MR) is 96.1 cm³/mol. The van der Waals surface area contributed by atoms with Crippen LogP contribution in [-0.2, 0) is 0 Å². The minimum atomic E-state index is 0. The summed E-state index contributed by atoms with van der Waals surface area (Å²) in [5, 5.41) is 6.21. The molecule has 0 radical (unpaired) electrons. The average molecular weight is 421 g/mol. The first kappa shape index (κ1) is 16.4. The smallest absolute Gasteiger partial charge is 0.273 e. The monoisotopic (exact) mass is 419 g/mol. The molecule has 0 spiro atoms. The fourth-order valence-corrected chi connectivity index (χ4v) is 5.35. The van der Waals surface area contributed by atoms with E-state index in [-0.39, 0.29) is 18.3 Å². The Bertz CT molecular complexity index is 677. The molecule has 2 aliphatic rings. The normalized spacial score (nSPS) is 23.4. The van der Waals surface area contributed by atoms with E-state index in [1.807, 2.05) is 22.4 Å². The van der Waals surface area contributed by atoms with Gasteiger partial charge in [-0.05, 0) is 39.9 Å². The largest absolute Gasteiger partial charge is 0.337 e.